The fourth-order valence-electron chi connectivity index (χ4n) is 3.22. The number of hydrogen-bond acceptors (Lipinski definition) is 0. The van der Waals surface area contributed by atoms with Gasteiger partial charge in [-0.25, -0.2) is 0 Å². The monoisotopic (exact) mass is 224 g/mol. The Kier molecular flexibility index (Phi) is 3.06. The summed E-state index contributed by atoms with van der Waals surface area (Å²) in [7, 11) is 0. The van der Waals surface area contributed by atoms with E-state index in [4.69, 9.17) is 0 Å². The number of rotatable bonds is 4. The lowest BCUT2D eigenvalue weighted by Crippen LogP contribution is -2.23. The van der Waals surface area contributed by atoms with Crippen LogP contribution in [0.2, 0.25) is 0 Å². The summed E-state index contributed by atoms with van der Waals surface area (Å²) in [5.74, 6) is 0. The minimum absolute atomic E-state index is 0.141. The van der Waals surface area contributed by atoms with Crippen molar-refractivity contribution >= 4 is 5.57 Å². The van der Waals surface area contributed by atoms with E-state index in [1.165, 1.54) is 22.3 Å². The molecule has 1 aliphatic rings. The van der Waals surface area contributed by atoms with Gasteiger partial charge in [-0.05, 0) is 35.1 Å². The molecule has 2 rings (SSSR count). The molecule has 1 aliphatic carbocycles. The molecule has 17 heavy (non-hydrogen) atoms. The van der Waals surface area contributed by atoms with Gasteiger partial charge in [0.2, 0.25) is 0 Å². The number of allylic oxidation sites excluding steroid dienone is 4. The maximum absolute atomic E-state index is 4.01. The Bertz CT molecular complexity index is 485. The van der Waals surface area contributed by atoms with Gasteiger partial charge in [0.15, 0.2) is 0 Å². The van der Waals surface area contributed by atoms with E-state index in [0.717, 1.165) is 12.8 Å². The van der Waals surface area contributed by atoms with Gasteiger partial charge < -0.3 is 0 Å². The highest BCUT2D eigenvalue weighted by Crippen LogP contribution is 2.51. The van der Waals surface area contributed by atoms with Crippen LogP contribution in [-0.2, 0) is 5.41 Å². The van der Waals surface area contributed by atoms with E-state index in [2.05, 4.69) is 51.3 Å². The summed E-state index contributed by atoms with van der Waals surface area (Å²) < 4.78 is 0. The van der Waals surface area contributed by atoms with Gasteiger partial charge in [0.1, 0.15) is 0 Å². The second-order valence-corrected chi connectivity index (χ2v) is 4.57. The van der Waals surface area contributed by atoms with Gasteiger partial charge in [-0.2, -0.15) is 0 Å². The normalized spacial score (nSPS) is 16.8. The third-order valence-electron chi connectivity index (χ3n) is 4.15. The summed E-state index contributed by atoms with van der Waals surface area (Å²) >= 11 is 0. The maximum atomic E-state index is 4.01. The Morgan fingerprint density at radius 3 is 2.24 bits per heavy atom. The van der Waals surface area contributed by atoms with Crippen molar-refractivity contribution in [3.8, 4) is 0 Å². The second kappa shape index (κ2) is 4.37. The van der Waals surface area contributed by atoms with E-state index in [9.17, 15) is 0 Å². The van der Waals surface area contributed by atoms with Gasteiger partial charge in [0.05, 0.1) is 0 Å². The van der Waals surface area contributed by atoms with Gasteiger partial charge in [0, 0.05) is 5.41 Å². The molecule has 0 heteroatoms. The van der Waals surface area contributed by atoms with Crippen LogP contribution in [0.3, 0.4) is 0 Å². The first-order valence-electron chi connectivity index (χ1n) is 6.34. The third-order valence-corrected chi connectivity index (χ3v) is 4.15. The molecule has 0 radical (unpaired) electrons. The molecule has 0 heterocycles. The van der Waals surface area contributed by atoms with Crippen LogP contribution in [0.5, 0.6) is 0 Å². The zero-order valence-corrected chi connectivity index (χ0v) is 10.8. The SMILES string of the molecule is C=CC1=C(C=C)C(CC)(CC)c2ccccc21. The van der Waals surface area contributed by atoms with Gasteiger partial charge in [0.25, 0.3) is 0 Å². The van der Waals surface area contributed by atoms with Crippen molar-refractivity contribution in [3.05, 3.63) is 66.3 Å². The molecular formula is C17H20. The molecule has 0 aliphatic heterocycles. The van der Waals surface area contributed by atoms with Crippen molar-refractivity contribution in [2.45, 2.75) is 32.1 Å². The van der Waals surface area contributed by atoms with Gasteiger partial charge in [-0.1, -0.05) is 63.4 Å². The zero-order valence-electron chi connectivity index (χ0n) is 10.8. The van der Waals surface area contributed by atoms with Gasteiger partial charge in [-0.15, -0.1) is 0 Å². The predicted octanol–water partition coefficient (Wildman–Crippen LogP) is 4.88. The predicted molar refractivity (Wildman–Crippen MR) is 76.0 cm³/mol. The van der Waals surface area contributed by atoms with E-state index in [0.29, 0.717) is 0 Å². The molecule has 0 atom stereocenters. The first-order chi connectivity index (χ1) is 8.25. The Labute approximate surface area is 104 Å². The summed E-state index contributed by atoms with van der Waals surface area (Å²) in [5.41, 5.74) is 5.52. The van der Waals surface area contributed by atoms with Crippen LogP contribution in [0.1, 0.15) is 37.8 Å². The molecule has 0 saturated carbocycles. The summed E-state index contributed by atoms with van der Waals surface area (Å²) in [6.45, 7) is 12.5. The van der Waals surface area contributed by atoms with Crippen LogP contribution in [0.15, 0.2) is 55.1 Å². The first-order valence-corrected chi connectivity index (χ1v) is 6.34. The molecule has 0 bridgehead atoms. The molecule has 1 aromatic carbocycles. The van der Waals surface area contributed by atoms with E-state index < -0.39 is 0 Å². The van der Waals surface area contributed by atoms with Crippen molar-refractivity contribution in [1.29, 1.82) is 0 Å². The Morgan fingerprint density at radius 1 is 1.06 bits per heavy atom. The molecule has 0 nitrogen and oxygen atoms in total. The van der Waals surface area contributed by atoms with Crippen LogP contribution in [-0.4, -0.2) is 0 Å². The molecule has 88 valence electrons. The smallest absolute Gasteiger partial charge is 0.0209 e. The van der Waals surface area contributed by atoms with Crippen LogP contribution < -0.4 is 0 Å². The highest BCUT2D eigenvalue weighted by Gasteiger charge is 2.39. The highest BCUT2D eigenvalue weighted by molar-refractivity contribution is 5.87. The molecular weight excluding hydrogens is 204 g/mol. The quantitative estimate of drug-likeness (QED) is 0.683. The van der Waals surface area contributed by atoms with Crippen LogP contribution >= 0.6 is 0 Å². The molecule has 0 saturated heterocycles. The Balaban J connectivity index is 2.80. The summed E-state index contributed by atoms with van der Waals surface area (Å²) in [4.78, 5) is 0. The lowest BCUT2D eigenvalue weighted by Gasteiger charge is -2.30. The standard InChI is InChI=1S/C17H20/c1-5-13-14-11-9-10-12-16(14)17(7-3,8-4)15(13)6-2/h5-6,9-12H,1-2,7-8H2,3-4H3. The molecule has 0 fully saturated rings. The lowest BCUT2D eigenvalue weighted by molar-refractivity contribution is 0.486. The topological polar surface area (TPSA) is 0 Å². The minimum atomic E-state index is 0.141. The average molecular weight is 224 g/mol. The van der Waals surface area contributed by atoms with E-state index in [1.807, 2.05) is 12.2 Å². The minimum Gasteiger partial charge on any atom is -0.0987 e. The lowest BCUT2D eigenvalue weighted by atomic mass is 9.73. The van der Waals surface area contributed by atoms with Crippen molar-refractivity contribution in [1.82, 2.24) is 0 Å². The summed E-state index contributed by atoms with van der Waals surface area (Å²) in [6.07, 6.45) is 6.21. The fourth-order valence-corrected chi connectivity index (χ4v) is 3.22. The van der Waals surface area contributed by atoms with Gasteiger partial charge >= 0.3 is 0 Å². The number of benzene rings is 1. The van der Waals surface area contributed by atoms with Gasteiger partial charge in [-0.3, -0.25) is 0 Å². The maximum Gasteiger partial charge on any atom is 0.0209 e. The zero-order chi connectivity index (χ0) is 12.5. The Hall–Kier alpha value is -1.56. The molecule has 0 amide bonds. The highest BCUT2D eigenvalue weighted by atomic mass is 14.4. The molecule has 0 spiro atoms. The van der Waals surface area contributed by atoms with Crippen molar-refractivity contribution in [2.24, 2.45) is 0 Å². The molecule has 0 N–H and O–H groups in total. The van der Waals surface area contributed by atoms with E-state index >= 15 is 0 Å². The Morgan fingerprint density at radius 2 is 1.71 bits per heavy atom. The molecule has 1 aromatic rings. The van der Waals surface area contributed by atoms with Crippen LogP contribution in [0.25, 0.3) is 5.57 Å². The van der Waals surface area contributed by atoms with Crippen molar-refractivity contribution < 1.29 is 0 Å². The third kappa shape index (κ3) is 1.44. The molecule has 0 unspecified atom stereocenters. The van der Waals surface area contributed by atoms with E-state index in [1.54, 1.807) is 0 Å². The summed E-state index contributed by atoms with van der Waals surface area (Å²) in [6, 6.07) is 8.68. The van der Waals surface area contributed by atoms with Crippen LogP contribution in [0, 0.1) is 0 Å². The van der Waals surface area contributed by atoms with Crippen molar-refractivity contribution in [2.75, 3.05) is 0 Å². The second-order valence-electron chi connectivity index (χ2n) is 4.57. The fraction of sp³-hybridized carbons (Fsp3) is 0.294. The largest absolute Gasteiger partial charge is 0.0987 e. The average Bonchev–Trinajstić information content (AvgIpc) is 2.68. The number of fused-ring (bicyclic) bond motifs is 1. The summed E-state index contributed by atoms with van der Waals surface area (Å²) in [5, 5.41) is 0. The number of hydrogen-bond donors (Lipinski definition) is 0. The van der Waals surface area contributed by atoms with E-state index in [-0.39, 0.29) is 5.41 Å². The first kappa shape index (κ1) is 11.9. The van der Waals surface area contributed by atoms with Crippen LogP contribution in [0.4, 0.5) is 0 Å². The molecule has 0 aromatic heterocycles. The van der Waals surface area contributed by atoms with Crippen molar-refractivity contribution in [3.63, 3.8) is 0 Å².